The van der Waals surface area contributed by atoms with Gasteiger partial charge in [0, 0.05) is 11.9 Å². The molecule has 0 aromatic heterocycles. The molecule has 1 fully saturated rings. The summed E-state index contributed by atoms with van der Waals surface area (Å²) in [5.41, 5.74) is 5.43. The molecule has 3 aliphatic rings. The van der Waals surface area contributed by atoms with Crippen molar-refractivity contribution < 1.29 is 9.53 Å². The van der Waals surface area contributed by atoms with Crippen molar-refractivity contribution in [2.45, 2.75) is 32.6 Å². The van der Waals surface area contributed by atoms with Crippen LogP contribution in [0, 0.1) is 5.92 Å². The lowest BCUT2D eigenvalue weighted by Crippen LogP contribution is -2.26. The Hall–Kier alpha value is -1.77. The molecule has 0 saturated heterocycles. The van der Waals surface area contributed by atoms with E-state index in [1.807, 2.05) is 17.2 Å². The summed E-state index contributed by atoms with van der Waals surface area (Å²) in [6.07, 6.45) is 13.3. The van der Waals surface area contributed by atoms with Gasteiger partial charge in [0.05, 0.1) is 7.11 Å². The Morgan fingerprint density at radius 3 is 2.90 bits per heavy atom. The van der Waals surface area contributed by atoms with E-state index in [9.17, 15) is 4.79 Å². The van der Waals surface area contributed by atoms with Crippen LogP contribution in [-0.2, 0) is 9.53 Å². The van der Waals surface area contributed by atoms with E-state index < -0.39 is 0 Å². The highest BCUT2D eigenvalue weighted by atomic mass is 16.5. The first kappa shape index (κ1) is 13.2. The Balaban J connectivity index is 1.91. The Morgan fingerprint density at radius 1 is 1.40 bits per heavy atom. The van der Waals surface area contributed by atoms with Crippen LogP contribution in [0.4, 0.5) is 0 Å². The highest BCUT2D eigenvalue weighted by Crippen LogP contribution is 2.47. The van der Waals surface area contributed by atoms with Gasteiger partial charge < -0.3 is 9.64 Å². The van der Waals surface area contributed by atoms with Crippen molar-refractivity contribution >= 4 is 5.97 Å². The van der Waals surface area contributed by atoms with Gasteiger partial charge >= 0.3 is 5.97 Å². The third-order valence-corrected chi connectivity index (χ3v) is 4.48. The van der Waals surface area contributed by atoms with Gasteiger partial charge in [0.15, 0.2) is 0 Å². The number of ether oxygens (including phenoxy) is 1. The third-order valence-electron chi connectivity index (χ3n) is 4.48. The number of allylic oxidation sites excluding steroid dienone is 6. The number of hydrogen-bond acceptors (Lipinski definition) is 3. The summed E-state index contributed by atoms with van der Waals surface area (Å²) >= 11 is 0. The van der Waals surface area contributed by atoms with Crippen molar-refractivity contribution in [3.63, 3.8) is 0 Å². The Kier molecular flexibility index (Phi) is 3.51. The van der Waals surface area contributed by atoms with E-state index in [2.05, 4.69) is 19.1 Å². The van der Waals surface area contributed by atoms with E-state index in [0.717, 1.165) is 5.92 Å². The molecule has 20 heavy (non-hydrogen) atoms. The zero-order valence-corrected chi connectivity index (χ0v) is 12.2. The first-order valence-electron chi connectivity index (χ1n) is 7.29. The second kappa shape index (κ2) is 5.31. The van der Waals surface area contributed by atoms with Crippen molar-refractivity contribution in [1.82, 2.24) is 4.90 Å². The van der Waals surface area contributed by atoms with Crippen LogP contribution < -0.4 is 0 Å². The molecule has 106 valence electrons. The predicted molar refractivity (Wildman–Crippen MR) is 78.7 cm³/mol. The summed E-state index contributed by atoms with van der Waals surface area (Å²) in [5, 5.41) is 0. The number of rotatable bonds is 3. The SMILES string of the molecule is COC(=O)CN1C=CC(C)=CC=C1C1=C2CCC(C2)C1. The molecule has 3 rings (SSSR count). The summed E-state index contributed by atoms with van der Waals surface area (Å²) in [5.74, 6) is 0.632. The van der Waals surface area contributed by atoms with E-state index in [1.165, 1.54) is 49.6 Å². The number of nitrogens with zero attached hydrogens (tertiary/aromatic N) is 1. The summed E-state index contributed by atoms with van der Waals surface area (Å²) in [6.45, 7) is 2.35. The molecule has 0 amide bonds. The first-order valence-corrected chi connectivity index (χ1v) is 7.29. The molecule has 2 aliphatic carbocycles. The van der Waals surface area contributed by atoms with Gasteiger partial charge in [0.2, 0.25) is 0 Å². The molecule has 0 aromatic carbocycles. The monoisotopic (exact) mass is 271 g/mol. The average molecular weight is 271 g/mol. The van der Waals surface area contributed by atoms with Crippen LogP contribution in [0.5, 0.6) is 0 Å². The molecule has 1 atom stereocenters. The largest absolute Gasteiger partial charge is 0.468 e. The van der Waals surface area contributed by atoms with E-state index >= 15 is 0 Å². The molecule has 1 unspecified atom stereocenters. The summed E-state index contributed by atoms with van der Waals surface area (Å²) < 4.78 is 4.82. The fourth-order valence-electron chi connectivity index (χ4n) is 3.36. The maximum absolute atomic E-state index is 11.6. The minimum atomic E-state index is -0.200. The molecule has 1 aliphatic heterocycles. The van der Waals surface area contributed by atoms with Crippen LogP contribution in [0.25, 0.3) is 0 Å². The van der Waals surface area contributed by atoms with E-state index in [-0.39, 0.29) is 12.5 Å². The number of hydrogen-bond donors (Lipinski definition) is 0. The zero-order chi connectivity index (χ0) is 14.1. The molecule has 0 radical (unpaired) electrons. The van der Waals surface area contributed by atoms with Gasteiger partial charge in [0.25, 0.3) is 0 Å². The smallest absolute Gasteiger partial charge is 0.325 e. The molecule has 2 bridgehead atoms. The number of fused-ring (bicyclic) bond motifs is 2. The van der Waals surface area contributed by atoms with Crippen LogP contribution in [0.3, 0.4) is 0 Å². The standard InChI is InChI=1S/C17H21NO2/c1-12-3-6-16(15-10-13-4-5-14(15)9-13)18(8-7-12)11-17(19)20-2/h3,6-8,13H,4-5,9-11H2,1-2H3. The topological polar surface area (TPSA) is 29.5 Å². The van der Waals surface area contributed by atoms with Crippen LogP contribution >= 0.6 is 0 Å². The molecule has 0 spiro atoms. The number of carbonyl (C=O) groups is 1. The quantitative estimate of drug-likeness (QED) is 0.737. The first-order chi connectivity index (χ1) is 9.67. The lowest BCUT2D eigenvalue weighted by Gasteiger charge is -2.25. The van der Waals surface area contributed by atoms with Gasteiger partial charge in [-0.25, -0.2) is 0 Å². The molecule has 3 nitrogen and oxygen atoms in total. The molecule has 0 aromatic rings. The molecule has 1 saturated carbocycles. The minimum absolute atomic E-state index is 0.200. The average Bonchev–Trinajstić information content (AvgIpc) is 3.02. The van der Waals surface area contributed by atoms with Crippen molar-refractivity contribution in [3.8, 4) is 0 Å². The molecule has 3 heteroatoms. The highest BCUT2D eigenvalue weighted by Gasteiger charge is 2.33. The number of methoxy groups -OCH3 is 1. The summed E-state index contributed by atoms with van der Waals surface area (Å²) in [6, 6.07) is 0. The van der Waals surface area contributed by atoms with E-state index in [1.54, 1.807) is 5.57 Å². The normalized spacial score (nSPS) is 24.7. The van der Waals surface area contributed by atoms with Gasteiger partial charge in [-0.2, -0.15) is 0 Å². The van der Waals surface area contributed by atoms with Crippen LogP contribution in [0.15, 0.2) is 46.8 Å². The van der Waals surface area contributed by atoms with Crippen molar-refractivity contribution in [3.05, 3.63) is 46.8 Å². The van der Waals surface area contributed by atoms with E-state index in [0.29, 0.717) is 0 Å². The third kappa shape index (κ3) is 2.45. The fraction of sp³-hybridized carbons (Fsp3) is 0.471. The lowest BCUT2D eigenvalue weighted by molar-refractivity contribution is -0.140. The van der Waals surface area contributed by atoms with Crippen molar-refractivity contribution in [2.24, 2.45) is 5.92 Å². The van der Waals surface area contributed by atoms with Crippen LogP contribution in [-0.4, -0.2) is 24.5 Å². The second-order valence-electron chi connectivity index (χ2n) is 5.88. The maximum atomic E-state index is 11.6. The summed E-state index contributed by atoms with van der Waals surface area (Å²) in [7, 11) is 1.44. The molecular weight excluding hydrogens is 250 g/mol. The predicted octanol–water partition coefficient (Wildman–Crippen LogP) is 3.32. The minimum Gasteiger partial charge on any atom is -0.468 e. The van der Waals surface area contributed by atoms with E-state index in [4.69, 9.17) is 4.74 Å². The zero-order valence-electron chi connectivity index (χ0n) is 12.2. The number of esters is 1. The maximum Gasteiger partial charge on any atom is 0.325 e. The lowest BCUT2D eigenvalue weighted by atomic mass is 9.96. The van der Waals surface area contributed by atoms with Crippen LogP contribution in [0.2, 0.25) is 0 Å². The highest BCUT2D eigenvalue weighted by molar-refractivity contribution is 5.72. The Labute approximate surface area is 120 Å². The van der Waals surface area contributed by atoms with Gasteiger partial charge in [-0.05, 0) is 61.8 Å². The molecule has 1 heterocycles. The van der Waals surface area contributed by atoms with Crippen molar-refractivity contribution in [1.29, 1.82) is 0 Å². The number of carbonyl (C=O) groups excluding carboxylic acids is 1. The van der Waals surface area contributed by atoms with Gasteiger partial charge in [-0.1, -0.05) is 11.6 Å². The molecular formula is C17H21NO2. The molecule has 0 N–H and O–H groups in total. The second-order valence-corrected chi connectivity index (χ2v) is 5.88. The Bertz CT molecular complexity index is 551. The van der Waals surface area contributed by atoms with Gasteiger partial charge in [-0.15, -0.1) is 0 Å². The van der Waals surface area contributed by atoms with Gasteiger partial charge in [0.1, 0.15) is 6.54 Å². The van der Waals surface area contributed by atoms with Crippen molar-refractivity contribution in [2.75, 3.05) is 13.7 Å². The van der Waals surface area contributed by atoms with Gasteiger partial charge in [-0.3, -0.25) is 4.79 Å². The van der Waals surface area contributed by atoms with Crippen LogP contribution in [0.1, 0.15) is 32.6 Å². The fourth-order valence-corrected chi connectivity index (χ4v) is 3.36. The Morgan fingerprint density at radius 2 is 2.25 bits per heavy atom. The summed E-state index contributed by atoms with van der Waals surface area (Å²) in [4.78, 5) is 13.7.